The fourth-order valence-electron chi connectivity index (χ4n) is 1.92. The van der Waals surface area contributed by atoms with Crippen molar-refractivity contribution in [3.05, 3.63) is 59.4 Å². The molecule has 0 amide bonds. The van der Waals surface area contributed by atoms with Gasteiger partial charge in [-0.25, -0.2) is 0 Å². The molecule has 0 aliphatic rings. The van der Waals surface area contributed by atoms with Crippen LogP contribution in [-0.2, 0) is 6.54 Å². The van der Waals surface area contributed by atoms with Crippen molar-refractivity contribution >= 4 is 17.2 Å². The summed E-state index contributed by atoms with van der Waals surface area (Å²) in [4.78, 5) is 4.42. The van der Waals surface area contributed by atoms with Gasteiger partial charge in [-0.2, -0.15) is 4.98 Å². The van der Waals surface area contributed by atoms with E-state index in [1.165, 1.54) is 0 Å². The average Bonchev–Trinajstić information content (AvgIpc) is 2.78. The van der Waals surface area contributed by atoms with E-state index in [9.17, 15) is 0 Å². The van der Waals surface area contributed by atoms with E-state index >= 15 is 0 Å². The first-order chi connectivity index (χ1) is 9.29. The zero-order chi connectivity index (χ0) is 13.2. The summed E-state index contributed by atoms with van der Waals surface area (Å²) in [6.45, 7) is 0.338. The van der Waals surface area contributed by atoms with Gasteiger partial charge in [-0.15, -0.1) is 0 Å². The quantitative estimate of drug-likeness (QED) is 0.797. The number of imidazole rings is 1. The summed E-state index contributed by atoms with van der Waals surface area (Å²) in [5, 5.41) is 0.544. The largest absolute Gasteiger partial charge is 0.436 e. The molecule has 2 aromatic heterocycles. The Morgan fingerprint density at radius 1 is 1.16 bits per heavy atom. The summed E-state index contributed by atoms with van der Waals surface area (Å²) in [6, 6.07) is 13.0. The molecule has 2 heterocycles. The monoisotopic (exact) mass is 273 g/mol. The molecular weight excluding hydrogens is 262 g/mol. The molecule has 0 radical (unpaired) electrons. The molecule has 5 heteroatoms. The highest BCUT2D eigenvalue weighted by atomic mass is 35.5. The van der Waals surface area contributed by atoms with Crippen LogP contribution in [0, 0.1) is 0 Å². The molecule has 0 saturated heterocycles. The first kappa shape index (κ1) is 12.0. The topological polar surface area (TPSA) is 52.5 Å². The van der Waals surface area contributed by atoms with Gasteiger partial charge < -0.3 is 10.5 Å². The van der Waals surface area contributed by atoms with Crippen LogP contribution in [0.5, 0.6) is 11.6 Å². The number of para-hydroxylation sites is 1. The van der Waals surface area contributed by atoms with Crippen LogP contribution in [0.15, 0.2) is 48.7 Å². The van der Waals surface area contributed by atoms with E-state index in [0.29, 0.717) is 23.2 Å². The average molecular weight is 274 g/mol. The van der Waals surface area contributed by atoms with Crippen LogP contribution >= 0.6 is 11.6 Å². The van der Waals surface area contributed by atoms with Gasteiger partial charge in [-0.3, -0.25) is 4.40 Å². The first-order valence-corrected chi connectivity index (χ1v) is 6.26. The molecule has 1 aromatic carbocycles. The van der Waals surface area contributed by atoms with Gasteiger partial charge in [0.05, 0.1) is 5.02 Å². The van der Waals surface area contributed by atoms with Crippen molar-refractivity contribution in [1.29, 1.82) is 0 Å². The second-order valence-electron chi connectivity index (χ2n) is 4.03. The predicted molar refractivity (Wildman–Crippen MR) is 74.6 cm³/mol. The van der Waals surface area contributed by atoms with Gasteiger partial charge in [0.1, 0.15) is 17.1 Å². The number of halogens is 1. The van der Waals surface area contributed by atoms with E-state index in [1.54, 1.807) is 12.1 Å². The predicted octanol–water partition coefficient (Wildman–Crippen LogP) is 3.24. The molecule has 0 unspecified atom stereocenters. The molecule has 3 aromatic rings. The Morgan fingerprint density at radius 2 is 1.95 bits per heavy atom. The Morgan fingerprint density at radius 3 is 2.74 bits per heavy atom. The van der Waals surface area contributed by atoms with E-state index in [4.69, 9.17) is 22.1 Å². The molecule has 0 atom stereocenters. The number of rotatable bonds is 3. The van der Waals surface area contributed by atoms with Gasteiger partial charge in [0.2, 0.25) is 5.88 Å². The van der Waals surface area contributed by atoms with Crippen molar-refractivity contribution in [3.8, 4) is 11.6 Å². The van der Waals surface area contributed by atoms with Crippen LogP contribution < -0.4 is 10.5 Å². The maximum Gasteiger partial charge on any atom is 0.242 e. The maximum atomic E-state index is 6.08. The summed E-state index contributed by atoms with van der Waals surface area (Å²) in [5.41, 5.74) is 7.39. The molecule has 4 nitrogen and oxygen atoms in total. The standard InChI is InChI=1S/C14H12ClN3O/c15-10-5-1-2-6-12(10)19-14-11(9-16)18-8-4-3-7-13(18)17-14/h1-8H,9,16H2. The van der Waals surface area contributed by atoms with Crippen molar-refractivity contribution in [2.75, 3.05) is 0 Å². The fraction of sp³-hybridized carbons (Fsp3) is 0.0714. The summed E-state index contributed by atoms with van der Waals surface area (Å²) < 4.78 is 7.68. The summed E-state index contributed by atoms with van der Waals surface area (Å²) in [5.74, 6) is 1.06. The maximum absolute atomic E-state index is 6.08. The Balaban J connectivity index is 2.08. The van der Waals surface area contributed by atoms with Gasteiger partial charge in [-0.1, -0.05) is 29.8 Å². The third-order valence-corrected chi connectivity index (χ3v) is 3.14. The Kier molecular flexibility index (Phi) is 3.11. The zero-order valence-electron chi connectivity index (χ0n) is 10.1. The molecule has 19 heavy (non-hydrogen) atoms. The first-order valence-electron chi connectivity index (χ1n) is 5.88. The Labute approximate surface area is 115 Å². The van der Waals surface area contributed by atoms with Gasteiger partial charge in [0.25, 0.3) is 0 Å². The van der Waals surface area contributed by atoms with E-state index in [1.807, 2.05) is 40.9 Å². The van der Waals surface area contributed by atoms with Gasteiger partial charge >= 0.3 is 0 Å². The number of hydrogen-bond donors (Lipinski definition) is 1. The molecule has 3 rings (SSSR count). The number of ether oxygens (including phenoxy) is 1. The van der Waals surface area contributed by atoms with Crippen LogP contribution in [0.4, 0.5) is 0 Å². The van der Waals surface area contributed by atoms with E-state index in [-0.39, 0.29) is 0 Å². The number of aromatic nitrogens is 2. The number of nitrogens with zero attached hydrogens (tertiary/aromatic N) is 2. The third-order valence-electron chi connectivity index (χ3n) is 2.83. The minimum atomic E-state index is 0.338. The van der Waals surface area contributed by atoms with E-state index in [0.717, 1.165) is 11.3 Å². The van der Waals surface area contributed by atoms with E-state index in [2.05, 4.69) is 4.98 Å². The Bertz CT molecular complexity index is 724. The number of fused-ring (bicyclic) bond motifs is 1. The lowest BCUT2D eigenvalue weighted by molar-refractivity contribution is 0.459. The van der Waals surface area contributed by atoms with Gasteiger partial charge in [-0.05, 0) is 24.3 Å². The lowest BCUT2D eigenvalue weighted by Crippen LogP contribution is -2.02. The number of hydrogen-bond acceptors (Lipinski definition) is 3. The Hall–Kier alpha value is -2.04. The van der Waals surface area contributed by atoms with E-state index < -0.39 is 0 Å². The van der Waals surface area contributed by atoms with Crippen molar-refractivity contribution in [2.24, 2.45) is 5.73 Å². The minimum absolute atomic E-state index is 0.338. The summed E-state index contributed by atoms with van der Waals surface area (Å²) in [6.07, 6.45) is 1.91. The van der Waals surface area contributed by atoms with Crippen LogP contribution in [0.2, 0.25) is 5.02 Å². The molecule has 0 fully saturated rings. The number of pyridine rings is 1. The van der Waals surface area contributed by atoms with Crippen LogP contribution in [-0.4, -0.2) is 9.38 Å². The van der Waals surface area contributed by atoms with Crippen molar-refractivity contribution in [2.45, 2.75) is 6.54 Å². The van der Waals surface area contributed by atoms with Gasteiger partial charge in [0.15, 0.2) is 0 Å². The molecule has 0 spiro atoms. The molecule has 0 aliphatic carbocycles. The van der Waals surface area contributed by atoms with Gasteiger partial charge in [0, 0.05) is 12.7 Å². The highest BCUT2D eigenvalue weighted by molar-refractivity contribution is 6.32. The smallest absolute Gasteiger partial charge is 0.242 e. The lowest BCUT2D eigenvalue weighted by atomic mass is 10.3. The molecule has 0 bridgehead atoms. The van der Waals surface area contributed by atoms with Crippen molar-refractivity contribution in [3.63, 3.8) is 0 Å². The number of benzene rings is 1. The fourth-order valence-corrected chi connectivity index (χ4v) is 2.10. The molecule has 0 aliphatic heterocycles. The zero-order valence-corrected chi connectivity index (χ0v) is 10.8. The lowest BCUT2D eigenvalue weighted by Gasteiger charge is -2.06. The van der Waals surface area contributed by atoms with Crippen LogP contribution in [0.3, 0.4) is 0 Å². The van der Waals surface area contributed by atoms with Crippen molar-refractivity contribution in [1.82, 2.24) is 9.38 Å². The second-order valence-corrected chi connectivity index (χ2v) is 4.44. The molecule has 2 N–H and O–H groups in total. The SMILES string of the molecule is NCc1c(Oc2ccccc2Cl)nc2ccccn12. The normalized spacial score (nSPS) is 10.8. The summed E-state index contributed by atoms with van der Waals surface area (Å²) in [7, 11) is 0. The van der Waals surface area contributed by atoms with Crippen LogP contribution in [0.1, 0.15) is 5.69 Å². The highest BCUT2D eigenvalue weighted by Gasteiger charge is 2.13. The second kappa shape index (κ2) is 4.91. The van der Waals surface area contributed by atoms with Crippen molar-refractivity contribution < 1.29 is 4.74 Å². The molecule has 0 saturated carbocycles. The molecule has 96 valence electrons. The molecular formula is C14H12ClN3O. The number of nitrogens with two attached hydrogens (primary N) is 1. The highest BCUT2D eigenvalue weighted by Crippen LogP contribution is 2.30. The summed E-state index contributed by atoms with van der Waals surface area (Å²) >= 11 is 6.08. The third kappa shape index (κ3) is 2.16. The van der Waals surface area contributed by atoms with Crippen LogP contribution in [0.25, 0.3) is 5.65 Å². The minimum Gasteiger partial charge on any atom is -0.436 e.